The molecule has 7 nitrogen and oxygen atoms in total. The van der Waals surface area contributed by atoms with Crippen LogP contribution in [0.25, 0.3) is 22.8 Å². The van der Waals surface area contributed by atoms with E-state index in [4.69, 9.17) is 40.5 Å². The number of amides is 1. The van der Waals surface area contributed by atoms with Crippen LogP contribution < -0.4 is 15.5 Å². The van der Waals surface area contributed by atoms with Crippen molar-refractivity contribution in [2.75, 3.05) is 23.3 Å². The summed E-state index contributed by atoms with van der Waals surface area (Å²) < 4.78 is 0. The Morgan fingerprint density at radius 2 is 1.71 bits per heavy atom. The molecule has 0 fully saturated rings. The van der Waals surface area contributed by atoms with Crippen LogP contribution in [0, 0.1) is 13.8 Å². The Labute approximate surface area is 237 Å². The highest BCUT2D eigenvalue weighted by atomic mass is 35.5. The molecule has 0 spiro atoms. The van der Waals surface area contributed by atoms with Crippen molar-refractivity contribution < 1.29 is 4.79 Å². The van der Waals surface area contributed by atoms with E-state index in [2.05, 4.69) is 53.5 Å². The molecule has 0 aliphatic rings. The van der Waals surface area contributed by atoms with Gasteiger partial charge in [-0.1, -0.05) is 29.3 Å². The number of thiocarbonyl (C=S) groups is 1. The first-order valence-electron chi connectivity index (χ1n) is 12.2. The minimum Gasteiger partial charge on any atom is -0.372 e. The van der Waals surface area contributed by atoms with E-state index >= 15 is 0 Å². The first kappa shape index (κ1) is 27.6. The van der Waals surface area contributed by atoms with Gasteiger partial charge in [-0.3, -0.25) is 10.1 Å². The Morgan fingerprint density at radius 1 is 1.00 bits per heavy atom. The van der Waals surface area contributed by atoms with Crippen molar-refractivity contribution in [3.05, 3.63) is 81.3 Å². The SMILES string of the molecule is CCN(CC)c1ccc(-n2nc3cc(C)c(NC(=S)NC(=O)/C=C/c4ccc(Cl)cc4Cl)cc3n2)c(C)c1. The molecule has 0 aliphatic heterocycles. The summed E-state index contributed by atoms with van der Waals surface area (Å²) in [5.74, 6) is -0.387. The van der Waals surface area contributed by atoms with Crippen molar-refractivity contribution >= 4 is 74.9 Å². The summed E-state index contributed by atoms with van der Waals surface area (Å²) in [7, 11) is 0. The van der Waals surface area contributed by atoms with Crippen molar-refractivity contribution in [1.82, 2.24) is 20.3 Å². The number of anilines is 2. The van der Waals surface area contributed by atoms with Gasteiger partial charge in [0.25, 0.3) is 0 Å². The maximum absolute atomic E-state index is 12.4. The van der Waals surface area contributed by atoms with Gasteiger partial charge in [0.2, 0.25) is 5.91 Å². The van der Waals surface area contributed by atoms with Crippen LogP contribution in [0.4, 0.5) is 11.4 Å². The lowest BCUT2D eigenvalue weighted by molar-refractivity contribution is -0.115. The van der Waals surface area contributed by atoms with Crippen LogP contribution in [0.5, 0.6) is 0 Å². The fraction of sp³-hybridized carbons (Fsp3) is 0.214. The zero-order chi connectivity index (χ0) is 27.4. The van der Waals surface area contributed by atoms with Gasteiger partial charge >= 0.3 is 0 Å². The van der Waals surface area contributed by atoms with Crippen molar-refractivity contribution in [2.45, 2.75) is 27.7 Å². The molecule has 0 aliphatic carbocycles. The summed E-state index contributed by atoms with van der Waals surface area (Å²) in [6, 6.07) is 15.2. The molecule has 0 atom stereocenters. The lowest BCUT2D eigenvalue weighted by Gasteiger charge is -2.22. The Morgan fingerprint density at radius 3 is 2.37 bits per heavy atom. The second-order valence-corrected chi connectivity index (χ2v) is 9.98. The van der Waals surface area contributed by atoms with Gasteiger partial charge in [-0.2, -0.15) is 4.80 Å². The molecule has 10 heteroatoms. The number of carbonyl (C=O) groups excluding carboxylic acids is 1. The topological polar surface area (TPSA) is 75.1 Å². The predicted molar refractivity (Wildman–Crippen MR) is 162 cm³/mol. The van der Waals surface area contributed by atoms with E-state index < -0.39 is 0 Å². The summed E-state index contributed by atoms with van der Waals surface area (Å²) >= 11 is 17.4. The fourth-order valence-electron chi connectivity index (χ4n) is 4.07. The average Bonchev–Trinajstić information content (AvgIpc) is 3.26. The van der Waals surface area contributed by atoms with Crippen LogP contribution in [-0.4, -0.2) is 39.1 Å². The number of aromatic nitrogens is 3. The second-order valence-electron chi connectivity index (χ2n) is 8.73. The van der Waals surface area contributed by atoms with E-state index in [1.807, 2.05) is 25.1 Å². The Kier molecular flexibility index (Phi) is 8.66. The zero-order valence-electron chi connectivity index (χ0n) is 21.5. The molecule has 4 aromatic rings. The Bertz CT molecular complexity index is 1540. The number of hydrogen-bond donors (Lipinski definition) is 2. The van der Waals surface area contributed by atoms with Gasteiger partial charge < -0.3 is 10.2 Å². The largest absolute Gasteiger partial charge is 0.372 e. The molecule has 0 unspecified atom stereocenters. The molecule has 196 valence electrons. The smallest absolute Gasteiger partial charge is 0.250 e. The minimum absolute atomic E-state index is 0.166. The van der Waals surface area contributed by atoms with E-state index in [0.29, 0.717) is 21.1 Å². The third-order valence-corrected chi connectivity index (χ3v) is 6.88. The molecule has 0 saturated heterocycles. The highest BCUT2D eigenvalue weighted by molar-refractivity contribution is 7.80. The summed E-state index contributed by atoms with van der Waals surface area (Å²) in [6.45, 7) is 10.2. The molecule has 1 amide bonds. The van der Waals surface area contributed by atoms with Gasteiger partial charge in [0, 0.05) is 40.6 Å². The quantitative estimate of drug-likeness (QED) is 0.191. The molecular weight excluding hydrogens is 539 g/mol. The van der Waals surface area contributed by atoms with Gasteiger partial charge in [0.15, 0.2) is 5.11 Å². The van der Waals surface area contributed by atoms with Crippen LogP contribution >= 0.6 is 35.4 Å². The fourth-order valence-corrected chi connectivity index (χ4v) is 4.75. The van der Waals surface area contributed by atoms with E-state index in [1.165, 1.54) is 11.8 Å². The van der Waals surface area contributed by atoms with Crippen LogP contribution in [0.2, 0.25) is 10.0 Å². The Hall–Kier alpha value is -3.46. The van der Waals surface area contributed by atoms with Gasteiger partial charge in [-0.25, -0.2) is 0 Å². The highest BCUT2D eigenvalue weighted by Crippen LogP contribution is 2.25. The van der Waals surface area contributed by atoms with Crippen LogP contribution in [-0.2, 0) is 4.79 Å². The monoisotopic (exact) mass is 566 g/mol. The van der Waals surface area contributed by atoms with Gasteiger partial charge in [0.05, 0.1) is 5.69 Å². The van der Waals surface area contributed by atoms with Gasteiger partial charge in [-0.15, -0.1) is 10.2 Å². The number of halogens is 2. The maximum atomic E-state index is 12.4. The number of aryl methyl sites for hydroxylation is 2. The van der Waals surface area contributed by atoms with E-state index in [9.17, 15) is 4.79 Å². The highest BCUT2D eigenvalue weighted by Gasteiger charge is 2.13. The number of nitrogens with one attached hydrogen (secondary N) is 2. The van der Waals surface area contributed by atoms with E-state index in [-0.39, 0.29) is 11.0 Å². The van der Waals surface area contributed by atoms with Crippen LogP contribution in [0.15, 0.2) is 54.6 Å². The van der Waals surface area contributed by atoms with Crippen molar-refractivity contribution in [3.63, 3.8) is 0 Å². The molecule has 1 aromatic heterocycles. The van der Waals surface area contributed by atoms with Crippen molar-refractivity contribution in [1.29, 1.82) is 0 Å². The second kappa shape index (κ2) is 11.9. The van der Waals surface area contributed by atoms with Crippen molar-refractivity contribution in [3.8, 4) is 5.69 Å². The lowest BCUT2D eigenvalue weighted by Crippen LogP contribution is -2.33. The first-order chi connectivity index (χ1) is 18.2. The third kappa shape index (κ3) is 6.32. The summed E-state index contributed by atoms with van der Waals surface area (Å²) in [6.07, 6.45) is 2.96. The van der Waals surface area contributed by atoms with Gasteiger partial charge in [0.1, 0.15) is 11.0 Å². The number of nitrogens with zero attached hydrogens (tertiary/aromatic N) is 4. The third-order valence-electron chi connectivity index (χ3n) is 6.11. The summed E-state index contributed by atoms with van der Waals surface area (Å²) in [5, 5.41) is 16.3. The van der Waals surface area contributed by atoms with Gasteiger partial charge in [-0.05, 0) is 105 Å². The summed E-state index contributed by atoms with van der Waals surface area (Å²) in [4.78, 5) is 16.3. The normalized spacial score (nSPS) is 11.2. The molecule has 0 radical (unpaired) electrons. The van der Waals surface area contributed by atoms with Crippen LogP contribution in [0.3, 0.4) is 0 Å². The number of fused-ring (bicyclic) bond motifs is 1. The molecule has 4 rings (SSSR count). The number of benzene rings is 3. The zero-order valence-corrected chi connectivity index (χ0v) is 23.9. The molecule has 1 heterocycles. The standard InChI is InChI=1S/C28H28Cl2N6OS/c1-5-35(6-2)21-10-11-26(18(4)13-21)36-33-24-14-17(3)23(16-25(24)34-36)31-28(38)32-27(37)12-8-19-7-9-20(29)15-22(19)30/h7-16H,5-6H2,1-4H3,(H2,31,32,37,38)/b12-8+. The first-order valence-corrected chi connectivity index (χ1v) is 13.3. The molecule has 3 aromatic carbocycles. The van der Waals surface area contributed by atoms with Crippen molar-refractivity contribution in [2.24, 2.45) is 0 Å². The molecule has 38 heavy (non-hydrogen) atoms. The number of rotatable bonds is 7. The molecule has 2 N–H and O–H groups in total. The van der Waals surface area contributed by atoms with E-state index in [1.54, 1.807) is 29.1 Å². The summed E-state index contributed by atoms with van der Waals surface area (Å²) in [5.41, 5.74) is 6.96. The number of hydrogen-bond acceptors (Lipinski definition) is 5. The predicted octanol–water partition coefficient (Wildman–Crippen LogP) is 6.72. The molecule has 0 saturated carbocycles. The number of carbonyl (C=O) groups is 1. The maximum Gasteiger partial charge on any atom is 0.250 e. The molecular formula is C28H28Cl2N6OS. The Balaban J connectivity index is 1.48. The lowest BCUT2D eigenvalue weighted by atomic mass is 10.1. The molecule has 0 bridgehead atoms. The van der Waals surface area contributed by atoms with E-state index in [0.717, 1.165) is 41.1 Å². The minimum atomic E-state index is -0.387. The average molecular weight is 568 g/mol. The van der Waals surface area contributed by atoms with Crippen LogP contribution in [0.1, 0.15) is 30.5 Å².